The number of nitrogens with one attached hydrogen (secondary N) is 1. The lowest BCUT2D eigenvalue weighted by molar-refractivity contribution is -0.143. The Kier molecular flexibility index (Phi) is 77.8. The molecule has 6 nitrogen and oxygen atoms in total. The van der Waals surface area contributed by atoms with E-state index >= 15 is 0 Å². The third-order valence-electron chi connectivity index (χ3n) is 19.4. The maximum atomic E-state index is 12.6. The van der Waals surface area contributed by atoms with Crippen molar-refractivity contribution in [3.63, 3.8) is 0 Å². The fourth-order valence-electron chi connectivity index (χ4n) is 13.1. The van der Waals surface area contributed by atoms with E-state index in [0.29, 0.717) is 19.4 Å². The first kappa shape index (κ1) is 88.1. The molecule has 2 unspecified atom stereocenters. The van der Waals surface area contributed by atoms with Crippen LogP contribution in [0.2, 0.25) is 0 Å². The summed E-state index contributed by atoms with van der Waals surface area (Å²) < 4.78 is 5.51. The van der Waals surface area contributed by atoms with Crippen LogP contribution in [0.4, 0.5) is 0 Å². The van der Waals surface area contributed by atoms with Gasteiger partial charge in [0.05, 0.1) is 25.4 Å². The molecule has 0 aliphatic heterocycles. The zero-order chi connectivity index (χ0) is 64.9. The third-order valence-corrected chi connectivity index (χ3v) is 19.4. The summed E-state index contributed by atoms with van der Waals surface area (Å²) in [7, 11) is 0. The Balaban J connectivity index is 3.37. The van der Waals surface area contributed by atoms with Crippen LogP contribution in [0.15, 0.2) is 36.5 Å². The molecule has 0 aliphatic carbocycles. The standard InChI is InChI=1S/C84H161NO5/c1-3-5-7-9-11-13-15-17-19-21-22-23-35-38-41-45-48-52-56-60-64-68-72-76-82(87)81(80-86)85-83(88)77-73-69-65-61-57-53-49-46-42-39-36-33-31-29-27-25-24-26-28-30-32-34-37-40-43-47-51-55-59-63-67-71-75-79-90-84(89)78-74-70-66-62-58-54-50-44-20-18-16-14-12-10-8-6-4-2/h18,20,28,30,72,76,81-82,86-87H,3-17,19,21-27,29,31-71,73-75,77-80H2,1-2H3,(H,85,88)/b20-18-,30-28-,76-72+. The summed E-state index contributed by atoms with van der Waals surface area (Å²) in [5.74, 6) is -0.0439. The van der Waals surface area contributed by atoms with Crippen LogP contribution < -0.4 is 5.32 Å². The Morgan fingerprint density at radius 2 is 0.522 bits per heavy atom. The van der Waals surface area contributed by atoms with Gasteiger partial charge in [0.1, 0.15) is 0 Å². The van der Waals surface area contributed by atoms with Gasteiger partial charge < -0.3 is 20.3 Å². The molecule has 0 saturated heterocycles. The van der Waals surface area contributed by atoms with Crippen LogP contribution in [-0.2, 0) is 14.3 Å². The molecular formula is C84H161NO5. The van der Waals surface area contributed by atoms with E-state index in [4.69, 9.17) is 4.74 Å². The van der Waals surface area contributed by atoms with Crippen LogP contribution in [0.1, 0.15) is 463 Å². The molecule has 90 heavy (non-hydrogen) atoms. The maximum absolute atomic E-state index is 12.6. The molecule has 3 N–H and O–H groups in total. The number of ether oxygens (including phenoxy) is 1. The van der Waals surface area contributed by atoms with Gasteiger partial charge in [-0.2, -0.15) is 0 Å². The van der Waals surface area contributed by atoms with Crippen LogP contribution in [0.25, 0.3) is 0 Å². The van der Waals surface area contributed by atoms with Gasteiger partial charge in [-0.25, -0.2) is 0 Å². The smallest absolute Gasteiger partial charge is 0.305 e. The Labute approximate surface area is 564 Å². The van der Waals surface area contributed by atoms with Gasteiger partial charge in [0.15, 0.2) is 0 Å². The predicted molar refractivity (Wildman–Crippen MR) is 398 cm³/mol. The van der Waals surface area contributed by atoms with E-state index in [1.165, 1.54) is 392 Å². The summed E-state index contributed by atoms with van der Waals surface area (Å²) >= 11 is 0. The molecule has 0 aliphatic rings. The molecular weight excluding hydrogens is 1100 g/mol. The molecule has 0 spiro atoms. The van der Waals surface area contributed by atoms with Crippen LogP contribution in [0.5, 0.6) is 0 Å². The van der Waals surface area contributed by atoms with Crippen molar-refractivity contribution in [3.8, 4) is 0 Å². The third kappa shape index (κ3) is 75.1. The maximum Gasteiger partial charge on any atom is 0.305 e. The van der Waals surface area contributed by atoms with E-state index < -0.39 is 12.1 Å². The number of unbranched alkanes of at least 4 members (excludes halogenated alkanes) is 63. The van der Waals surface area contributed by atoms with Gasteiger partial charge in [0, 0.05) is 12.8 Å². The molecule has 0 rings (SSSR count). The first-order valence-electron chi connectivity index (χ1n) is 41.3. The van der Waals surface area contributed by atoms with E-state index in [9.17, 15) is 19.8 Å². The van der Waals surface area contributed by atoms with Crippen molar-refractivity contribution in [1.82, 2.24) is 5.32 Å². The number of amides is 1. The van der Waals surface area contributed by atoms with Crippen LogP contribution in [-0.4, -0.2) is 47.4 Å². The zero-order valence-electron chi connectivity index (χ0n) is 61.1. The summed E-state index contributed by atoms with van der Waals surface area (Å²) in [6, 6.07) is -0.627. The molecule has 0 saturated carbocycles. The van der Waals surface area contributed by atoms with Crippen molar-refractivity contribution in [1.29, 1.82) is 0 Å². The van der Waals surface area contributed by atoms with Gasteiger partial charge in [-0.3, -0.25) is 9.59 Å². The fraction of sp³-hybridized carbons (Fsp3) is 0.905. The number of aliphatic hydroxyl groups excluding tert-OH is 2. The lowest BCUT2D eigenvalue weighted by atomic mass is 10.0. The zero-order valence-corrected chi connectivity index (χ0v) is 61.1. The number of carbonyl (C=O) groups excluding carboxylic acids is 2. The second-order valence-corrected chi connectivity index (χ2v) is 28.4. The SMILES string of the molecule is CCCCCCCC/C=C\CCCCCCCCCC(=O)OCCCCCCCCCCCCCC/C=C\CCCCCCCCCCCCCCCCCCCC(=O)NC(CO)C(O)/C=C/CCCCCCCCCCCCCCCCCCCCCCC. The largest absolute Gasteiger partial charge is 0.466 e. The van der Waals surface area contributed by atoms with Crippen molar-refractivity contribution in [2.75, 3.05) is 13.2 Å². The number of carbonyl (C=O) groups is 2. The van der Waals surface area contributed by atoms with E-state index in [-0.39, 0.29) is 18.5 Å². The first-order chi connectivity index (χ1) is 44.5. The summed E-state index contributed by atoms with van der Waals surface area (Å²) in [5.41, 5.74) is 0. The molecule has 0 fully saturated rings. The second-order valence-electron chi connectivity index (χ2n) is 28.4. The van der Waals surface area contributed by atoms with E-state index in [2.05, 4.69) is 43.5 Å². The highest BCUT2D eigenvalue weighted by molar-refractivity contribution is 5.76. The predicted octanol–water partition coefficient (Wildman–Crippen LogP) is 27.4. The first-order valence-corrected chi connectivity index (χ1v) is 41.3. The molecule has 0 aromatic rings. The van der Waals surface area contributed by atoms with Crippen LogP contribution in [0, 0.1) is 0 Å². The number of hydrogen-bond acceptors (Lipinski definition) is 5. The molecule has 0 radical (unpaired) electrons. The fourth-order valence-corrected chi connectivity index (χ4v) is 13.1. The van der Waals surface area contributed by atoms with Crippen LogP contribution >= 0.6 is 0 Å². The summed E-state index contributed by atoms with van der Waals surface area (Å²) in [6.07, 6.45) is 104. The highest BCUT2D eigenvalue weighted by Gasteiger charge is 2.18. The van der Waals surface area contributed by atoms with Gasteiger partial charge in [-0.05, 0) is 83.5 Å². The topological polar surface area (TPSA) is 95.9 Å². The molecule has 6 heteroatoms. The minimum absolute atomic E-state index is 0.0160. The normalized spacial score (nSPS) is 12.6. The highest BCUT2D eigenvalue weighted by Crippen LogP contribution is 2.20. The van der Waals surface area contributed by atoms with Crippen LogP contribution in [0.3, 0.4) is 0 Å². The quantitative estimate of drug-likeness (QED) is 0.0320. The Bertz CT molecular complexity index is 1460. The molecule has 532 valence electrons. The summed E-state index contributed by atoms with van der Waals surface area (Å²) in [4.78, 5) is 24.7. The number of hydrogen-bond donors (Lipinski definition) is 3. The summed E-state index contributed by atoms with van der Waals surface area (Å²) in [6.45, 7) is 4.95. The highest BCUT2D eigenvalue weighted by atomic mass is 16.5. The molecule has 0 aromatic carbocycles. The minimum Gasteiger partial charge on any atom is -0.466 e. The van der Waals surface area contributed by atoms with E-state index in [1.54, 1.807) is 6.08 Å². The molecule has 0 bridgehead atoms. The monoisotopic (exact) mass is 1260 g/mol. The number of aliphatic hydroxyl groups is 2. The second kappa shape index (κ2) is 79.5. The molecule has 0 aromatic heterocycles. The lowest BCUT2D eigenvalue weighted by Crippen LogP contribution is -2.45. The van der Waals surface area contributed by atoms with Gasteiger partial charge in [0.25, 0.3) is 0 Å². The van der Waals surface area contributed by atoms with Crippen molar-refractivity contribution >= 4 is 11.9 Å². The van der Waals surface area contributed by atoms with Gasteiger partial charge in [-0.15, -0.1) is 0 Å². The van der Waals surface area contributed by atoms with Crippen molar-refractivity contribution in [2.45, 2.75) is 475 Å². The number of allylic oxidation sites excluding steroid dienone is 5. The molecule has 2 atom stereocenters. The van der Waals surface area contributed by atoms with Gasteiger partial charge in [-0.1, -0.05) is 403 Å². The van der Waals surface area contributed by atoms with Gasteiger partial charge in [0.2, 0.25) is 5.91 Å². The minimum atomic E-state index is -0.844. The van der Waals surface area contributed by atoms with Gasteiger partial charge >= 0.3 is 5.97 Å². The lowest BCUT2D eigenvalue weighted by Gasteiger charge is -2.20. The van der Waals surface area contributed by atoms with Crippen molar-refractivity contribution in [3.05, 3.63) is 36.5 Å². The average Bonchev–Trinajstić information content (AvgIpc) is 3.68. The summed E-state index contributed by atoms with van der Waals surface area (Å²) in [5, 5.41) is 23.3. The Morgan fingerprint density at radius 1 is 0.300 bits per heavy atom. The Morgan fingerprint density at radius 3 is 0.789 bits per heavy atom. The van der Waals surface area contributed by atoms with Crippen molar-refractivity contribution < 1.29 is 24.5 Å². The van der Waals surface area contributed by atoms with E-state index in [1.807, 2.05) is 6.08 Å². The molecule has 0 heterocycles. The molecule has 1 amide bonds. The average molecular weight is 1270 g/mol. The number of rotatable bonds is 78. The number of esters is 1. The Hall–Kier alpha value is -1.92. The van der Waals surface area contributed by atoms with Crippen molar-refractivity contribution in [2.24, 2.45) is 0 Å². The van der Waals surface area contributed by atoms with E-state index in [0.717, 1.165) is 44.9 Å².